The maximum atomic E-state index is 12.0. The summed E-state index contributed by atoms with van der Waals surface area (Å²) in [5, 5.41) is 16.3. The van der Waals surface area contributed by atoms with Crippen LogP contribution in [0.25, 0.3) is 0 Å². The van der Waals surface area contributed by atoms with Gasteiger partial charge < -0.3 is 5.32 Å². The number of aromatic nitrogens is 4. The number of nitrogens with zero attached hydrogens (tertiary/aromatic N) is 4. The van der Waals surface area contributed by atoms with Crippen LogP contribution in [0.5, 0.6) is 0 Å². The second-order valence-corrected chi connectivity index (χ2v) is 6.45. The molecular weight excluding hydrogens is 292 g/mol. The second kappa shape index (κ2) is 7.39. The standard InChI is InChI=1S/C12H20N6O2S/c1-8(21-12-15-16-17-18(12)2)10(19)14-11(20)13-9-6-4-3-5-7-9/h8-9H,3-7H2,1-2H3,(H2,13,14,19,20). The van der Waals surface area contributed by atoms with Crippen LogP contribution in [-0.2, 0) is 11.8 Å². The lowest BCUT2D eigenvalue weighted by atomic mass is 9.96. The summed E-state index contributed by atoms with van der Waals surface area (Å²) in [7, 11) is 1.70. The Labute approximate surface area is 127 Å². The Bertz CT molecular complexity index is 500. The van der Waals surface area contributed by atoms with Gasteiger partial charge in [-0.25, -0.2) is 9.48 Å². The SMILES string of the molecule is CC(Sc1nnnn1C)C(=O)NC(=O)NC1CCCCC1. The maximum Gasteiger partial charge on any atom is 0.321 e. The average molecular weight is 312 g/mol. The molecule has 21 heavy (non-hydrogen) atoms. The van der Waals surface area contributed by atoms with Gasteiger partial charge in [-0.3, -0.25) is 10.1 Å². The van der Waals surface area contributed by atoms with Crippen molar-refractivity contribution in [3.63, 3.8) is 0 Å². The number of tetrazole rings is 1. The van der Waals surface area contributed by atoms with Crippen molar-refractivity contribution in [1.82, 2.24) is 30.8 Å². The Morgan fingerprint density at radius 3 is 2.67 bits per heavy atom. The van der Waals surface area contributed by atoms with Crippen molar-refractivity contribution in [2.75, 3.05) is 0 Å². The molecule has 0 saturated heterocycles. The summed E-state index contributed by atoms with van der Waals surface area (Å²) < 4.78 is 1.48. The van der Waals surface area contributed by atoms with Crippen molar-refractivity contribution >= 4 is 23.7 Å². The lowest BCUT2D eigenvalue weighted by molar-refractivity contribution is -0.119. The van der Waals surface area contributed by atoms with Crippen molar-refractivity contribution in [2.45, 2.75) is 55.5 Å². The zero-order valence-electron chi connectivity index (χ0n) is 12.2. The molecule has 1 heterocycles. The van der Waals surface area contributed by atoms with Gasteiger partial charge in [0.2, 0.25) is 11.1 Å². The number of rotatable bonds is 4. The molecule has 1 atom stereocenters. The van der Waals surface area contributed by atoms with Crippen LogP contribution in [0.4, 0.5) is 4.79 Å². The Kier molecular flexibility index (Phi) is 5.54. The predicted molar refractivity (Wildman–Crippen MR) is 77.7 cm³/mol. The number of amides is 3. The van der Waals surface area contributed by atoms with Crippen LogP contribution in [0.1, 0.15) is 39.0 Å². The molecule has 0 radical (unpaired) electrons. The number of carbonyl (C=O) groups is 2. The highest BCUT2D eigenvalue weighted by Gasteiger charge is 2.21. The summed E-state index contributed by atoms with van der Waals surface area (Å²) in [4.78, 5) is 23.8. The van der Waals surface area contributed by atoms with Crippen LogP contribution in [0, 0.1) is 0 Å². The van der Waals surface area contributed by atoms with Gasteiger partial charge >= 0.3 is 6.03 Å². The molecule has 1 aliphatic carbocycles. The number of aryl methyl sites for hydroxylation is 1. The highest BCUT2D eigenvalue weighted by molar-refractivity contribution is 8.00. The first kappa shape index (κ1) is 15.7. The highest BCUT2D eigenvalue weighted by Crippen LogP contribution is 2.19. The second-order valence-electron chi connectivity index (χ2n) is 5.14. The molecule has 2 N–H and O–H groups in total. The maximum absolute atomic E-state index is 12.0. The zero-order chi connectivity index (χ0) is 15.2. The summed E-state index contributed by atoms with van der Waals surface area (Å²) in [6.45, 7) is 1.71. The van der Waals surface area contributed by atoms with E-state index in [1.807, 2.05) is 0 Å². The third-order valence-electron chi connectivity index (χ3n) is 3.41. The fourth-order valence-corrected chi connectivity index (χ4v) is 2.97. The molecule has 9 heteroatoms. The van der Waals surface area contributed by atoms with Gasteiger partial charge in [0.05, 0.1) is 5.25 Å². The van der Waals surface area contributed by atoms with Gasteiger partial charge in [-0.1, -0.05) is 31.0 Å². The first-order valence-corrected chi connectivity index (χ1v) is 7.94. The number of nitrogens with one attached hydrogen (secondary N) is 2. The number of hydrogen-bond donors (Lipinski definition) is 2. The molecule has 1 unspecified atom stereocenters. The molecular formula is C12H20N6O2S. The number of thioether (sulfide) groups is 1. The van der Waals surface area contributed by atoms with E-state index in [9.17, 15) is 9.59 Å². The Hall–Kier alpha value is -1.64. The zero-order valence-corrected chi connectivity index (χ0v) is 13.0. The Morgan fingerprint density at radius 1 is 1.33 bits per heavy atom. The number of imide groups is 1. The van der Waals surface area contributed by atoms with Crippen molar-refractivity contribution in [1.29, 1.82) is 0 Å². The van der Waals surface area contributed by atoms with E-state index >= 15 is 0 Å². The monoisotopic (exact) mass is 312 g/mol. The van der Waals surface area contributed by atoms with Crippen LogP contribution >= 0.6 is 11.8 Å². The molecule has 3 amide bonds. The molecule has 0 spiro atoms. The van der Waals surface area contributed by atoms with E-state index in [2.05, 4.69) is 26.2 Å². The summed E-state index contributed by atoms with van der Waals surface area (Å²) in [5.41, 5.74) is 0. The molecule has 1 aliphatic rings. The van der Waals surface area contributed by atoms with Gasteiger partial charge in [0, 0.05) is 13.1 Å². The molecule has 1 aromatic heterocycles. The topological polar surface area (TPSA) is 102 Å². The van der Waals surface area contributed by atoms with E-state index in [0.29, 0.717) is 5.16 Å². The van der Waals surface area contributed by atoms with E-state index in [1.165, 1.54) is 22.9 Å². The number of urea groups is 1. The average Bonchev–Trinajstić information content (AvgIpc) is 2.85. The molecule has 0 aliphatic heterocycles. The molecule has 1 fully saturated rings. The lowest BCUT2D eigenvalue weighted by Gasteiger charge is -2.22. The van der Waals surface area contributed by atoms with Crippen LogP contribution in [0.2, 0.25) is 0 Å². The molecule has 116 valence electrons. The van der Waals surface area contributed by atoms with E-state index in [0.717, 1.165) is 25.7 Å². The van der Waals surface area contributed by atoms with Gasteiger partial charge in [-0.05, 0) is 30.2 Å². The fraction of sp³-hybridized carbons (Fsp3) is 0.750. The van der Waals surface area contributed by atoms with E-state index in [1.54, 1.807) is 14.0 Å². The minimum atomic E-state index is -0.452. The minimum Gasteiger partial charge on any atom is -0.335 e. The Balaban J connectivity index is 1.77. The largest absolute Gasteiger partial charge is 0.335 e. The minimum absolute atomic E-state index is 0.178. The van der Waals surface area contributed by atoms with Crippen LogP contribution in [-0.4, -0.2) is 43.4 Å². The van der Waals surface area contributed by atoms with Crippen molar-refractivity contribution < 1.29 is 9.59 Å². The van der Waals surface area contributed by atoms with Crippen LogP contribution in [0.3, 0.4) is 0 Å². The van der Waals surface area contributed by atoms with E-state index in [4.69, 9.17) is 0 Å². The van der Waals surface area contributed by atoms with Gasteiger partial charge in [0.1, 0.15) is 0 Å². The predicted octanol–water partition coefficient (Wildman–Crippen LogP) is 0.849. The van der Waals surface area contributed by atoms with Crippen molar-refractivity contribution in [3.05, 3.63) is 0 Å². The van der Waals surface area contributed by atoms with Gasteiger partial charge in [0.15, 0.2) is 0 Å². The van der Waals surface area contributed by atoms with E-state index in [-0.39, 0.29) is 11.9 Å². The smallest absolute Gasteiger partial charge is 0.321 e. The normalized spacial score (nSPS) is 17.2. The third-order valence-corrected chi connectivity index (χ3v) is 4.53. The van der Waals surface area contributed by atoms with E-state index < -0.39 is 11.3 Å². The Morgan fingerprint density at radius 2 is 2.05 bits per heavy atom. The fourth-order valence-electron chi connectivity index (χ4n) is 2.21. The number of carbonyl (C=O) groups excluding carboxylic acids is 2. The summed E-state index contributed by atoms with van der Waals surface area (Å²) in [5.74, 6) is -0.351. The van der Waals surface area contributed by atoms with Crippen LogP contribution in [0.15, 0.2) is 5.16 Å². The molecule has 0 bridgehead atoms. The van der Waals surface area contributed by atoms with Gasteiger partial charge in [0.25, 0.3) is 0 Å². The summed E-state index contributed by atoms with van der Waals surface area (Å²) >= 11 is 1.21. The molecule has 1 aromatic rings. The summed E-state index contributed by atoms with van der Waals surface area (Å²) in [6.07, 6.45) is 5.44. The van der Waals surface area contributed by atoms with Gasteiger partial charge in [-0.2, -0.15) is 0 Å². The first-order chi connectivity index (χ1) is 10.1. The molecule has 0 aromatic carbocycles. The first-order valence-electron chi connectivity index (χ1n) is 7.06. The quantitative estimate of drug-likeness (QED) is 0.799. The molecule has 2 rings (SSSR count). The van der Waals surface area contributed by atoms with Crippen LogP contribution < -0.4 is 10.6 Å². The highest BCUT2D eigenvalue weighted by atomic mass is 32.2. The number of hydrogen-bond acceptors (Lipinski definition) is 6. The molecule has 8 nitrogen and oxygen atoms in total. The third kappa shape index (κ3) is 4.69. The van der Waals surface area contributed by atoms with Gasteiger partial charge in [-0.15, -0.1) is 5.10 Å². The summed E-state index contributed by atoms with van der Waals surface area (Å²) in [6, 6.07) is -0.243. The van der Waals surface area contributed by atoms with Crippen molar-refractivity contribution in [2.24, 2.45) is 7.05 Å². The van der Waals surface area contributed by atoms with Crippen molar-refractivity contribution in [3.8, 4) is 0 Å². The molecule has 1 saturated carbocycles. The lowest BCUT2D eigenvalue weighted by Crippen LogP contribution is -2.47.